The van der Waals surface area contributed by atoms with Crippen LogP contribution in [0.15, 0.2) is 0 Å². The van der Waals surface area contributed by atoms with Gasteiger partial charge in [0, 0.05) is 17.9 Å². The number of esters is 1. The van der Waals surface area contributed by atoms with Crippen LogP contribution in [0.1, 0.15) is 20.3 Å². The lowest BCUT2D eigenvalue weighted by Crippen LogP contribution is -2.34. The summed E-state index contributed by atoms with van der Waals surface area (Å²) in [4.78, 5) is 21.8. The molecule has 0 fully saturated rings. The third kappa shape index (κ3) is 7.39. The van der Waals surface area contributed by atoms with Gasteiger partial charge in [-0.15, -0.1) is 0 Å². The molecule has 0 aromatic rings. The number of ether oxygens (including phenoxy) is 1. The van der Waals surface area contributed by atoms with Crippen LogP contribution in [-0.2, 0) is 14.3 Å². The van der Waals surface area contributed by atoms with Gasteiger partial charge in [0.15, 0.2) is 0 Å². The van der Waals surface area contributed by atoms with Gasteiger partial charge in [-0.05, 0) is 14.0 Å². The molecule has 15 heavy (non-hydrogen) atoms. The van der Waals surface area contributed by atoms with Crippen molar-refractivity contribution in [3.05, 3.63) is 0 Å². The van der Waals surface area contributed by atoms with Crippen LogP contribution < -0.4 is 5.32 Å². The molecule has 4 nitrogen and oxygen atoms in total. The number of likely N-dealkylation sites (N-methyl/N-ethyl adjacent to an activating group) is 1. The third-order valence-corrected chi connectivity index (χ3v) is 2.93. The smallest absolute Gasteiger partial charge is 0.305 e. The van der Waals surface area contributed by atoms with E-state index in [0.29, 0.717) is 13.0 Å². The molecule has 0 saturated heterocycles. The Bertz CT molecular complexity index is 209. The van der Waals surface area contributed by atoms with Gasteiger partial charge in [0.05, 0.1) is 6.04 Å². The summed E-state index contributed by atoms with van der Waals surface area (Å²) in [5.41, 5.74) is 0. The normalized spacial score (nSPS) is 12.2. The number of Topliss-reactive ketones (excluding diaryl/α,β-unsaturated/α-hetero) is 1. The zero-order valence-corrected chi connectivity index (χ0v) is 10.4. The van der Waals surface area contributed by atoms with Crippen molar-refractivity contribution >= 4 is 23.5 Å². The average Bonchev–Trinajstić information content (AvgIpc) is 2.22. The summed E-state index contributed by atoms with van der Waals surface area (Å²) in [6.07, 6.45) is 0.414. The predicted molar refractivity (Wildman–Crippen MR) is 62.1 cm³/mol. The average molecular weight is 233 g/mol. The number of carbonyl (C=O) groups is 2. The Morgan fingerprint density at radius 3 is 2.60 bits per heavy atom. The Morgan fingerprint density at radius 2 is 2.13 bits per heavy atom. The molecule has 1 atom stereocenters. The second-order valence-corrected chi connectivity index (χ2v) is 4.25. The summed E-state index contributed by atoms with van der Waals surface area (Å²) in [7, 11) is 1.77. The molecule has 0 aliphatic heterocycles. The molecular formula is C10H19NO3S. The maximum Gasteiger partial charge on any atom is 0.305 e. The lowest BCUT2D eigenvalue weighted by atomic mass is 10.2. The number of rotatable bonds is 8. The number of ketones is 1. The van der Waals surface area contributed by atoms with E-state index in [0.717, 1.165) is 11.5 Å². The number of thioether (sulfide) groups is 1. The fourth-order valence-electron chi connectivity index (χ4n) is 0.922. The largest absolute Gasteiger partial charge is 0.465 e. The second-order valence-electron chi connectivity index (χ2n) is 3.10. The molecule has 0 radical (unpaired) electrons. The summed E-state index contributed by atoms with van der Waals surface area (Å²) in [6, 6.07) is -0.100. The zero-order valence-electron chi connectivity index (χ0n) is 9.54. The molecule has 0 aliphatic rings. The summed E-state index contributed by atoms with van der Waals surface area (Å²) in [5.74, 6) is 1.41. The van der Waals surface area contributed by atoms with E-state index in [1.165, 1.54) is 0 Å². The SMILES string of the molecule is CCC(=O)OCCSC[C@H](NC)C(C)=O. The lowest BCUT2D eigenvalue weighted by Gasteiger charge is -2.11. The molecule has 88 valence electrons. The fraction of sp³-hybridized carbons (Fsp3) is 0.800. The van der Waals surface area contributed by atoms with Crippen LogP contribution in [0.3, 0.4) is 0 Å². The van der Waals surface area contributed by atoms with Gasteiger partial charge in [0.1, 0.15) is 12.4 Å². The number of nitrogens with one attached hydrogen (secondary N) is 1. The maximum atomic E-state index is 11.0. The van der Waals surface area contributed by atoms with E-state index in [1.807, 2.05) is 0 Å². The van der Waals surface area contributed by atoms with Crippen molar-refractivity contribution in [3.63, 3.8) is 0 Å². The quantitative estimate of drug-likeness (QED) is 0.497. The van der Waals surface area contributed by atoms with Crippen molar-refractivity contribution in [2.75, 3.05) is 25.2 Å². The standard InChI is InChI=1S/C10H19NO3S/c1-4-10(13)14-5-6-15-7-9(11-3)8(2)12/h9,11H,4-7H2,1-3H3/t9-/m0/s1. The Labute approximate surface area is 95.1 Å². The first-order chi connectivity index (χ1) is 7.11. The van der Waals surface area contributed by atoms with Gasteiger partial charge in [0.2, 0.25) is 0 Å². The minimum atomic E-state index is -0.174. The van der Waals surface area contributed by atoms with Crippen LogP contribution in [0.2, 0.25) is 0 Å². The first-order valence-electron chi connectivity index (χ1n) is 5.02. The van der Waals surface area contributed by atoms with Gasteiger partial charge in [-0.2, -0.15) is 11.8 Å². The van der Waals surface area contributed by atoms with Crippen LogP contribution in [0.5, 0.6) is 0 Å². The van der Waals surface area contributed by atoms with Crippen molar-refractivity contribution in [3.8, 4) is 0 Å². The van der Waals surface area contributed by atoms with Gasteiger partial charge in [0.25, 0.3) is 0 Å². The highest BCUT2D eigenvalue weighted by molar-refractivity contribution is 7.99. The molecule has 0 rings (SSSR count). The van der Waals surface area contributed by atoms with E-state index in [-0.39, 0.29) is 17.8 Å². The molecule has 0 saturated carbocycles. The molecule has 0 aliphatic carbocycles. The number of hydrogen-bond donors (Lipinski definition) is 1. The molecule has 0 amide bonds. The van der Waals surface area contributed by atoms with Gasteiger partial charge >= 0.3 is 5.97 Å². The molecule has 0 aromatic heterocycles. The van der Waals surface area contributed by atoms with Gasteiger partial charge in [-0.3, -0.25) is 9.59 Å². The predicted octanol–water partition coefficient (Wildman–Crippen LogP) is 0.850. The van der Waals surface area contributed by atoms with Crippen LogP contribution in [0, 0.1) is 0 Å². The monoisotopic (exact) mass is 233 g/mol. The van der Waals surface area contributed by atoms with Gasteiger partial charge in [-0.1, -0.05) is 6.92 Å². The van der Waals surface area contributed by atoms with Crippen LogP contribution >= 0.6 is 11.8 Å². The van der Waals surface area contributed by atoms with E-state index in [2.05, 4.69) is 5.32 Å². The minimum absolute atomic E-state index is 0.100. The van der Waals surface area contributed by atoms with Crippen LogP contribution in [0.25, 0.3) is 0 Å². The molecule has 0 unspecified atom stereocenters. The van der Waals surface area contributed by atoms with Crippen LogP contribution in [0.4, 0.5) is 0 Å². The number of carbonyl (C=O) groups excluding carboxylic acids is 2. The Kier molecular flexibility index (Phi) is 8.41. The van der Waals surface area contributed by atoms with Crippen molar-refractivity contribution in [1.82, 2.24) is 5.32 Å². The van der Waals surface area contributed by atoms with E-state index >= 15 is 0 Å². The lowest BCUT2D eigenvalue weighted by molar-refractivity contribution is -0.142. The van der Waals surface area contributed by atoms with Crippen molar-refractivity contribution < 1.29 is 14.3 Å². The van der Waals surface area contributed by atoms with Gasteiger partial charge in [-0.25, -0.2) is 0 Å². The molecule has 0 bridgehead atoms. The maximum absolute atomic E-state index is 11.0. The first-order valence-corrected chi connectivity index (χ1v) is 6.18. The first kappa shape index (κ1) is 14.5. The van der Waals surface area contributed by atoms with E-state index in [4.69, 9.17) is 4.74 Å². The van der Waals surface area contributed by atoms with E-state index in [9.17, 15) is 9.59 Å². The molecule has 0 aromatic carbocycles. The molecule has 1 N–H and O–H groups in total. The molecule has 0 heterocycles. The molecule has 0 spiro atoms. The van der Waals surface area contributed by atoms with Crippen molar-refractivity contribution in [2.24, 2.45) is 0 Å². The molecular weight excluding hydrogens is 214 g/mol. The van der Waals surface area contributed by atoms with E-state index in [1.54, 1.807) is 32.7 Å². The molecule has 5 heteroatoms. The highest BCUT2D eigenvalue weighted by atomic mass is 32.2. The number of hydrogen-bond acceptors (Lipinski definition) is 5. The highest BCUT2D eigenvalue weighted by Crippen LogP contribution is 2.03. The minimum Gasteiger partial charge on any atom is -0.465 e. The second kappa shape index (κ2) is 8.73. The van der Waals surface area contributed by atoms with Crippen molar-refractivity contribution in [2.45, 2.75) is 26.3 Å². The summed E-state index contributed by atoms with van der Waals surface area (Å²) in [6.45, 7) is 3.76. The summed E-state index contributed by atoms with van der Waals surface area (Å²) >= 11 is 1.61. The van der Waals surface area contributed by atoms with Gasteiger partial charge < -0.3 is 10.1 Å². The fourth-order valence-corrected chi connectivity index (χ4v) is 1.93. The highest BCUT2D eigenvalue weighted by Gasteiger charge is 2.10. The summed E-state index contributed by atoms with van der Waals surface area (Å²) < 4.78 is 4.90. The van der Waals surface area contributed by atoms with Crippen molar-refractivity contribution in [1.29, 1.82) is 0 Å². The summed E-state index contributed by atoms with van der Waals surface area (Å²) in [5, 5.41) is 2.93. The Morgan fingerprint density at radius 1 is 1.47 bits per heavy atom. The topological polar surface area (TPSA) is 55.4 Å². The zero-order chi connectivity index (χ0) is 11.7. The van der Waals surface area contributed by atoms with Crippen LogP contribution in [-0.4, -0.2) is 43.0 Å². The Balaban J connectivity index is 3.45. The van der Waals surface area contributed by atoms with E-state index < -0.39 is 0 Å². The Hall–Kier alpha value is -0.550. The third-order valence-electron chi connectivity index (χ3n) is 1.90.